The maximum atomic E-state index is 8.93. The van der Waals surface area contributed by atoms with Crippen molar-refractivity contribution in [3.63, 3.8) is 0 Å². The quantitative estimate of drug-likeness (QED) is 0.688. The van der Waals surface area contributed by atoms with Gasteiger partial charge in [-0.1, -0.05) is 13.8 Å². The van der Waals surface area contributed by atoms with Crippen LogP contribution in [0.2, 0.25) is 0 Å². The highest BCUT2D eigenvalue weighted by atomic mass is 16.3. The summed E-state index contributed by atoms with van der Waals surface area (Å²) >= 11 is 0. The van der Waals surface area contributed by atoms with Crippen LogP contribution < -0.4 is 5.32 Å². The van der Waals surface area contributed by atoms with Gasteiger partial charge >= 0.3 is 0 Å². The van der Waals surface area contributed by atoms with E-state index in [0.29, 0.717) is 0 Å². The lowest BCUT2D eigenvalue weighted by Crippen LogP contribution is -2.30. The maximum absolute atomic E-state index is 8.93. The zero-order chi connectivity index (χ0) is 12.2. The van der Waals surface area contributed by atoms with Crippen LogP contribution in [-0.2, 0) is 6.54 Å². The minimum Gasteiger partial charge on any atom is -0.396 e. The number of aromatic amines is 1. The number of aliphatic hydroxyl groups excluding tert-OH is 1. The van der Waals surface area contributed by atoms with E-state index in [1.807, 2.05) is 13.8 Å². The van der Waals surface area contributed by atoms with E-state index in [4.69, 9.17) is 5.11 Å². The van der Waals surface area contributed by atoms with Gasteiger partial charge in [-0.25, -0.2) is 0 Å². The number of hydrogen-bond donors (Lipinski definition) is 3. The molecule has 0 saturated heterocycles. The lowest BCUT2D eigenvalue weighted by molar-refractivity contribution is 0.207. The van der Waals surface area contributed by atoms with E-state index in [1.165, 1.54) is 5.56 Å². The van der Waals surface area contributed by atoms with Crippen LogP contribution >= 0.6 is 0 Å². The van der Waals surface area contributed by atoms with Crippen molar-refractivity contribution in [2.45, 2.75) is 40.7 Å². The summed E-state index contributed by atoms with van der Waals surface area (Å²) in [7, 11) is 0. The molecule has 0 aromatic carbocycles. The monoisotopic (exact) mass is 225 g/mol. The summed E-state index contributed by atoms with van der Waals surface area (Å²) in [4.78, 5) is 0. The van der Waals surface area contributed by atoms with Crippen LogP contribution in [0.4, 0.5) is 0 Å². The average molecular weight is 225 g/mol. The van der Waals surface area contributed by atoms with Crippen molar-refractivity contribution in [3.05, 3.63) is 17.0 Å². The molecule has 4 heteroatoms. The van der Waals surface area contributed by atoms with Crippen LogP contribution in [0.3, 0.4) is 0 Å². The molecule has 16 heavy (non-hydrogen) atoms. The average Bonchev–Trinajstić information content (AvgIpc) is 2.48. The van der Waals surface area contributed by atoms with Gasteiger partial charge in [-0.05, 0) is 25.7 Å². The third kappa shape index (κ3) is 3.61. The van der Waals surface area contributed by atoms with Crippen molar-refractivity contribution in [3.8, 4) is 0 Å². The smallest absolute Gasteiger partial charge is 0.0638 e. The molecule has 0 unspecified atom stereocenters. The topological polar surface area (TPSA) is 60.9 Å². The third-order valence-electron chi connectivity index (χ3n) is 2.97. The Morgan fingerprint density at radius 1 is 1.38 bits per heavy atom. The second-order valence-corrected chi connectivity index (χ2v) is 5.15. The van der Waals surface area contributed by atoms with Crippen LogP contribution in [0.5, 0.6) is 0 Å². The minimum absolute atomic E-state index is 0.139. The Labute approximate surface area is 97.5 Å². The predicted molar refractivity (Wildman–Crippen MR) is 65.3 cm³/mol. The van der Waals surface area contributed by atoms with Gasteiger partial charge in [0.15, 0.2) is 0 Å². The summed E-state index contributed by atoms with van der Waals surface area (Å²) in [6.45, 7) is 10.4. The first-order valence-electron chi connectivity index (χ1n) is 5.78. The van der Waals surface area contributed by atoms with E-state index in [-0.39, 0.29) is 12.0 Å². The fourth-order valence-electron chi connectivity index (χ4n) is 1.75. The Morgan fingerprint density at radius 2 is 2.06 bits per heavy atom. The number of H-pyrrole nitrogens is 1. The number of nitrogens with zero attached hydrogens (tertiary/aromatic N) is 1. The van der Waals surface area contributed by atoms with Gasteiger partial charge in [0.25, 0.3) is 0 Å². The van der Waals surface area contributed by atoms with Gasteiger partial charge in [-0.15, -0.1) is 0 Å². The van der Waals surface area contributed by atoms with E-state index in [1.54, 1.807) is 0 Å². The molecule has 0 aliphatic carbocycles. The molecule has 1 heterocycles. The second-order valence-electron chi connectivity index (χ2n) is 5.15. The summed E-state index contributed by atoms with van der Waals surface area (Å²) in [6.07, 6.45) is 0.823. The van der Waals surface area contributed by atoms with E-state index < -0.39 is 0 Å². The van der Waals surface area contributed by atoms with Gasteiger partial charge in [0.2, 0.25) is 0 Å². The van der Waals surface area contributed by atoms with Crippen molar-refractivity contribution >= 4 is 0 Å². The zero-order valence-electron chi connectivity index (χ0n) is 10.7. The maximum Gasteiger partial charge on any atom is 0.0638 e. The van der Waals surface area contributed by atoms with Crippen molar-refractivity contribution in [2.75, 3.05) is 13.2 Å². The van der Waals surface area contributed by atoms with Gasteiger partial charge in [0, 0.05) is 31.0 Å². The van der Waals surface area contributed by atoms with Gasteiger partial charge in [0.1, 0.15) is 0 Å². The Morgan fingerprint density at radius 3 is 2.56 bits per heavy atom. The molecule has 4 nitrogen and oxygen atoms in total. The molecule has 1 aromatic heterocycles. The molecule has 0 fully saturated rings. The molecule has 0 amide bonds. The standard InChI is InChI=1S/C12H23N3O/c1-9-11(10(2)15-14-9)7-13-8-12(3,4)5-6-16/h13,16H,5-8H2,1-4H3,(H,14,15). The van der Waals surface area contributed by atoms with Crippen molar-refractivity contribution < 1.29 is 5.11 Å². The van der Waals surface area contributed by atoms with E-state index in [0.717, 1.165) is 30.9 Å². The van der Waals surface area contributed by atoms with Crippen LogP contribution in [0.1, 0.15) is 37.2 Å². The fourth-order valence-corrected chi connectivity index (χ4v) is 1.75. The normalized spacial score (nSPS) is 12.1. The Bertz CT molecular complexity index is 312. The number of rotatable bonds is 6. The summed E-state index contributed by atoms with van der Waals surface area (Å²) in [5, 5.41) is 19.5. The van der Waals surface area contributed by atoms with Crippen molar-refractivity contribution in [1.29, 1.82) is 0 Å². The molecule has 0 aliphatic rings. The van der Waals surface area contributed by atoms with Crippen LogP contribution in [0, 0.1) is 19.3 Å². The zero-order valence-corrected chi connectivity index (χ0v) is 10.7. The molecule has 0 saturated carbocycles. The van der Waals surface area contributed by atoms with Gasteiger partial charge in [0.05, 0.1) is 5.69 Å². The summed E-state index contributed by atoms with van der Waals surface area (Å²) in [5.41, 5.74) is 3.58. The van der Waals surface area contributed by atoms with Gasteiger partial charge < -0.3 is 10.4 Å². The molecular weight excluding hydrogens is 202 g/mol. The van der Waals surface area contributed by atoms with Gasteiger partial charge in [-0.3, -0.25) is 5.10 Å². The fraction of sp³-hybridized carbons (Fsp3) is 0.750. The molecule has 92 valence electrons. The predicted octanol–water partition coefficient (Wildman–Crippen LogP) is 1.52. The molecule has 1 aromatic rings. The van der Waals surface area contributed by atoms with Crippen LogP contribution in [0.15, 0.2) is 0 Å². The second kappa shape index (κ2) is 5.46. The largest absolute Gasteiger partial charge is 0.396 e. The Hall–Kier alpha value is -0.870. The highest BCUT2D eigenvalue weighted by Gasteiger charge is 2.16. The molecule has 0 bridgehead atoms. The lowest BCUT2D eigenvalue weighted by atomic mass is 9.90. The Kier molecular flexibility index (Phi) is 4.50. The lowest BCUT2D eigenvalue weighted by Gasteiger charge is -2.24. The number of aryl methyl sites for hydroxylation is 2. The highest BCUT2D eigenvalue weighted by molar-refractivity contribution is 5.22. The third-order valence-corrected chi connectivity index (χ3v) is 2.97. The molecule has 0 atom stereocenters. The van der Waals surface area contributed by atoms with Crippen molar-refractivity contribution in [2.24, 2.45) is 5.41 Å². The molecule has 0 radical (unpaired) electrons. The molecule has 0 spiro atoms. The van der Waals surface area contributed by atoms with Gasteiger partial charge in [-0.2, -0.15) is 5.10 Å². The van der Waals surface area contributed by atoms with Crippen LogP contribution in [0.25, 0.3) is 0 Å². The SMILES string of the molecule is Cc1n[nH]c(C)c1CNCC(C)(C)CCO. The first-order valence-corrected chi connectivity index (χ1v) is 5.78. The molecular formula is C12H23N3O. The summed E-state index contributed by atoms with van der Waals surface area (Å²) in [6, 6.07) is 0. The molecule has 3 N–H and O–H groups in total. The molecule has 0 aliphatic heterocycles. The summed E-state index contributed by atoms with van der Waals surface area (Å²) in [5.74, 6) is 0. The van der Waals surface area contributed by atoms with E-state index >= 15 is 0 Å². The van der Waals surface area contributed by atoms with Crippen LogP contribution in [-0.4, -0.2) is 28.5 Å². The first kappa shape index (κ1) is 13.2. The first-order chi connectivity index (χ1) is 7.46. The Balaban J connectivity index is 2.41. The van der Waals surface area contributed by atoms with E-state index in [9.17, 15) is 0 Å². The number of nitrogens with one attached hydrogen (secondary N) is 2. The number of aliphatic hydroxyl groups is 1. The minimum atomic E-state index is 0.139. The molecule has 1 rings (SSSR count). The number of hydrogen-bond acceptors (Lipinski definition) is 3. The number of aromatic nitrogens is 2. The summed E-state index contributed by atoms with van der Waals surface area (Å²) < 4.78 is 0. The highest BCUT2D eigenvalue weighted by Crippen LogP contribution is 2.18. The van der Waals surface area contributed by atoms with Crippen molar-refractivity contribution in [1.82, 2.24) is 15.5 Å². The van der Waals surface area contributed by atoms with E-state index in [2.05, 4.69) is 29.4 Å².